The van der Waals surface area contributed by atoms with E-state index >= 15 is 0 Å². The van der Waals surface area contributed by atoms with Crippen molar-refractivity contribution in [2.24, 2.45) is 0 Å². The number of carbonyl (C=O) groups is 1. The Hall–Kier alpha value is -1.38. The predicted octanol–water partition coefficient (Wildman–Crippen LogP) is 0.608. The van der Waals surface area contributed by atoms with Crippen molar-refractivity contribution in [3.63, 3.8) is 0 Å². The van der Waals surface area contributed by atoms with Gasteiger partial charge in [-0.3, -0.25) is 4.79 Å². The number of ether oxygens (including phenoxy) is 1. The molecule has 0 spiro atoms. The molecule has 7 nitrogen and oxygen atoms in total. The Morgan fingerprint density at radius 2 is 2.29 bits per heavy atom. The molecule has 1 amide bonds. The van der Waals surface area contributed by atoms with Crippen LogP contribution < -0.4 is 16.4 Å². The van der Waals surface area contributed by atoms with Crippen molar-refractivity contribution in [2.45, 2.75) is 18.9 Å². The average molecular weight is 313 g/mol. The minimum absolute atomic E-state index is 0.158. The van der Waals surface area contributed by atoms with Crippen LogP contribution in [0.3, 0.4) is 0 Å². The van der Waals surface area contributed by atoms with Gasteiger partial charge in [0.15, 0.2) is 5.13 Å². The Bertz CT molecular complexity index is 475. The fourth-order valence-electron chi connectivity index (χ4n) is 1.76. The third-order valence-electron chi connectivity index (χ3n) is 3.22. The molecular formula is C13H23N5O2S. The molecule has 0 radical (unpaired) electrons. The van der Waals surface area contributed by atoms with E-state index in [4.69, 9.17) is 10.5 Å². The first-order chi connectivity index (χ1) is 10.1. The Morgan fingerprint density at radius 1 is 1.52 bits per heavy atom. The smallest absolute Gasteiger partial charge is 0.265 e. The first-order valence-electron chi connectivity index (χ1n) is 7.08. The molecule has 1 aliphatic carbocycles. The molecule has 2 rings (SSSR count). The second-order valence-corrected chi connectivity index (χ2v) is 6.20. The van der Waals surface area contributed by atoms with E-state index in [1.165, 1.54) is 11.3 Å². The summed E-state index contributed by atoms with van der Waals surface area (Å²) in [7, 11) is 3.67. The molecule has 1 aliphatic rings. The molecule has 0 aliphatic heterocycles. The third-order valence-corrected chi connectivity index (χ3v) is 4.22. The van der Waals surface area contributed by atoms with Crippen molar-refractivity contribution in [1.29, 1.82) is 0 Å². The summed E-state index contributed by atoms with van der Waals surface area (Å²) in [6.07, 6.45) is 2.32. The lowest BCUT2D eigenvalue weighted by atomic mass is 10.4. The van der Waals surface area contributed by atoms with Crippen LogP contribution >= 0.6 is 11.3 Å². The molecule has 0 saturated heterocycles. The molecule has 0 atom stereocenters. The molecule has 1 aromatic heterocycles. The quantitative estimate of drug-likeness (QED) is 0.618. The number of nitrogens with one attached hydrogen (secondary N) is 2. The van der Waals surface area contributed by atoms with E-state index in [1.807, 2.05) is 7.05 Å². The van der Waals surface area contributed by atoms with E-state index in [1.54, 1.807) is 7.11 Å². The van der Waals surface area contributed by atoms with Crippen molar-refractivity contribution in [2.75, 3.05) is 51.4 Å². The first-order valence-corrected chi connectivity index (χ1v) is 7.90. The van der Waals surface area contributed by atoms with Crippen molar-refractivity contribution in [3.8, 4) is 0 Å². The highest BCUT2D eigenvalue weighted by atomic mass is 32.1. The number of methoxy groups -OCH3 is 1. The number of hydrogen-bond donors (Lipinski definition) is 3. The monoisotopic (exact) mass is 313 g/mol. The lowest BCUT2D eigenvalue weighted by Crippen LogP contribution is -2.34. The lowest BCUT2D eigenvalue weighted by Gasteiger charge is -2.15. The molecule has 1 heterocycles. The van der Waals surface area contributed by atoms with Crippen LogP contribution in [0.25, 0.3) is 0 Å². The summed E-state index contributed by atoms with van der Waals surface area (Å²) in [6, 6.07) is 0.501. The van der Waals surface area contributed by atoms with Gasteiger partial charge in [0.25, 0.3) is 5.91 Å². The minimum Gasteiger partial charge on any atom is -0.383 e. The number of hydrogen-bond acceptors (Lipinski definition) is 7. The van der Waals surface area contributed by atoms with Gasteiger partial charge in [-0.1, -0.05) is 11.3 Å². The van der Waals surface area contributed by atoms with Crippen LogP contribution in [0.1, 0.15) is 22.5 Å². The topological polar surface area (TPSA) is 92.5 Å². The van der Waals surface area contributed by atoms with E-state index in [0.29, 0.717) is 29.9 Å². The molecule has 1 saturated carbocycles. The highest BCUT2D eigenvalue weighted by molar-refractivity contribution is 7.18. The maximum atomic E-state index is 12.1. The van der Waals surface area contributed by atoms with Crippen LogP contribution in [-0.2, 0) is 4.74 Å². The fourth-order valence-corrected chi connectivity index (χ4v) is 2.64. The summed E-state index contributed by atoms with van der Waals surface area (Å²) in [4.78, 5) is 18.9. The number of carbonyl (C=O) groups excluding carboxylic acids is 1. The highest BCUT2D eigenvalue weighted by Crippen LogP contribution is 2.30. The van der Waals surface area contributed by atoms with Crippen molar-refractivity contribution in [1.82, 2.24) is 15.2 Å². The molecule has 0 bridgehead atoms. The Morgan fingerprint density at radius 3 is 2.95 bits per heavy atom. The largest absolute Gasteiger partial charge is 0.383 e. The molecular weight excluding hydrogens is 290 g/mol. The number of aromatic nitrogens is 1. The summed E-state index contributed by atoms with van der Waals surface area (Å²) in [5, 5.41) is 6.86. The van der Waals surface area contributed by atoms with Gasteiger partial charge >= 0.3 is 0 Å². The van der Waals surface area contributed by atoms with E-state index in [-0.39, 0.29) is 5.91 Å². The Kier molecular flexibility index (Phi) is 5.77. The van der Waals surface area contributed by atoms with Gasteiger partial charge in [-0.15, -0.1) is 0 Å². The normalized spacial score (nSPS) is 14.4. The van der Waals surface area contributed by atoms with Gasteiger partial charge in [-0.2, -0.15) is 0 Å². The van der Waals surface area contributed by atoms with E-state index in [2.05, 4.69) is 20.5 Å². The first kappa shape index (κ1) is 16.0. The highest BCUT2D eigenvalue weighted by Gasteiger charge is 2.24. The van der Waals surface area contributed by atoms with Crippen LogP contribution in [-0.4, -0.2) is 62.2 Å². The molecule has 1 aromatic rings. The number of amides is 1. The van der Waals surface area contributed by atoms with Crippen LogP contribution in [0.15, 0.2) is 0 Å². The van der Waals surface area contributed by atoms with Gasteiger partial charge < -0.3 is 26.0 Å². The van der Waals surface area contributed by atoms with Gasteiger partial charge in [0.2, 0.25) is 0 Å². The standard InChI is InChI=1S/C13H23N5O2S/c1-18(7-8-20-2)6-5-15-12(19)10-11(14)17-13(21-10)16-9-3-4-9/h9H,3-8,14H2,1-2H3,(H,15,19)(H,16,17). The zero-order valence-corrected chi connectivity index (χ0v) is 13.3. The molecule has 118 valence electrons. The van der Waals surface area contributed by atoms with E-state index in [9.17, 15) is 4.79 Å². The zero-order chi connectivity index (χ0) is 15.2. The molecule has 21 heavy (non-hydrogen) atoms. The number of anilines is 2. The molecule has 0 aromatic carbocycles. The number of likely N-dealkylation sites (N-methyl/N-ethyl adjacent to an activating group) is 1. The second-order valence-electron chi connectivity index (χ2n) is 5.20. The predicted molar refractivity (Wildman–Crippen MR) is 84.9 cm³/mol. The van der Waals surface area contributed by atoms with Crippen LogP contribution in [0.4, 0.5) is 10.9 Å². The summed E-state index contributed by atoms with van der Waals surface area (Å²) >= 11 is 1.32. The van der Waals surface area contributed by atoms with Crippen LogP contribution in [0, 0.1) is 0 Å². The van der Waals surface area contributed by atoms with Crippen molar-refractivity contribution < 1.29 is 9.53 Å². The SMILES string of the molecule is COCCN(C)CCNC(=O)c1sc(NC2CC2)nc1N. The van der Waals surface area contributed by atoms with Crippen molar-refractivity contribution >= 4 is 28.2 Å². The number of nitrogen functional groups attached to an aromatic ring is 1. The Balaban J connectivity index is 1.75. The molecule has 1 fully saturated rings. The minimum atomic E-state index is -0.158. The summed E-state index contributed by atoms with van der Waals surface area (Å²) in [6.45, 7) is 2.86. The van der Waals surface area contributed by atoms with Gasteiger partial charge in [-0.05, 0) is 19.9 Å². The number of nitrogens with zero attached hydrogens (tertiary/aromatic N) is 2. The maximum absolute atomic E-state index is 12.1. The van der Waals surface area contributed by atoms with Gasteiger partial charge in [0.05, 0.1) is 6.61 Å². The van der Waals surface area contributed by atoms with E-state index < -0.39 is 0 Å². The summed E-state index contributed by atoms with van der Waals surface area (Å²) < 4.78 is 5.01. The van der Waals surface area contributed by atoms with Crippen molar-refractivity contribution in [3.05, 3.63) is 4.88 Å². The summed E-state index contributed by atoms with van der Waals surface area (Å²) in [5.41, 5.74) is 5.81. The zero-order valence-electron chi connectivity index (χ0n) is 12.5. The number of thiazole rings is 1. The maximum Gasteiger partial charge on any atom is 0.265 e. The van der Waals surface area contributed by atoms with Gasteiger partial charge in [-0.25, -0.2) is 4.98 Å². The lowest BCUT2D eigenvalue weighted by molar-refractivity contribution is 0.0952. The van der Waals surface area contributed by atoms with Crippen LogP contribution in [0.2, 0.25) is 0 Å². The molecule has 4 N–H and O–H groups in total. The average Bonchev–Trinajstić information content (AvgIpc) is 3.18. The fraction of sp³-hybridized carbons (Fsp3) is 0.692. The Labute approximate surface area is 128 Å². The number of nitrogens with two attached hydrogens (primary N) is 1. The van der Waals surface area contributed by atoms with Crippen LogP contribution in [0.5, 0.6) is 0 Å². The third kappa shape index (κ3) is 5.14. The van der Waals surface area contributed by atoms with E-state index in [0.717, 1.165) is 31.1 Å². The summed E-state index contributed by atoms with van der Waals surface area (Å²) in [5.74, 6) is 0.141. The second kappa shape index (κ2) is 7.58. The molecule has 0 unspecified atom stereocenters. The number of rotatable bonds is 9. The molecule has 8 heteroatoms. The van der Waals surface area contributed by atoms with Gasteiger partial charge in [0.1, 0.15) is 10.7 Å². The van der Waals surface area contributed by atoms with Gasteiger partial charge in [0, 0.05) is 32.8 Å².